The van der Waals surface area contributed by atoms with Crippen LogP contribution in [0.2, 0.25) is 0 Å². The molecule has 0 aliphatic heterocycles. The van der Waals surface area contributed by atoms with Gasteiger partial charge in [-0.3, -0.25) is 0 Å². The van der Waals surface area contributed by atoms with E-state index in [1.807, 2.05) is 0 Å². The molecule has 1 aliphatic carbocycles. The zero-order valence-electron chi connectivity index (χ0n) is 9.74. The van der Waals surface area contributed by atoms with Crippen LogP contribution in [0, 0.1) is 18.8 Å². The van der Waals surface area contributed by atoms with Crippen LogP contribution in [-0.4, -0.2) is 0 Å². The van der Waals surface area contributed by atoms with Gasteiger partial charge >= 0.3 is 0 Å². The van der Waals surface area contributed by atoms with Crippen molar-refractivity contribution in [2.75, 3.05) is 0 Å². The van der Waals surface area contributed by atoms with Crippen LogP contribution < -0.4 is 5.73 Å². The van der Waals surface area contributed by atoms with Gasteiger partial charge in [0.05, 0.1) is 0 Å². The first kappa shape index (κ1) is 10.7. The van der Waals surface area contributed by atoms with E-state index < -0.39 is 0 Å². The van der Waals surface area contributed by atoms with Crippen molar-refractivity contribution < 1.29 is 0 Å². The van der Waals surface area contributed by atoms with Crippen LogP contribution >= 0.6 is 0 Å². The fourth-order valence-corrected chi connectivity index (χ4v) is 2.90. The molecule has 1 fully saturated rings. The predicted octanol–water partition coefficient (Wildman–Crippen LogP) is 3.43. The molecule has 2 N–H and O–H groups in total. The third kappa shape index (κ3) is 2.07. The minimum absolute atomic E-state index is 0.240. The number of hydrogen-bond donors (Lipinski definition) is 1. The van der Waals surface area contributed by atoms with Gasteiger partial charge in [-0.25, -0.2) is 0 Å². The molecule has 1 aromatic carbocycles. The van der Waals surface area contributed by atoms with Gasteiger partial charge in [-0.15, -0.1) is 0 Å². The quantitative estimate of drug-likeness (QED) is 0.783. The van der Waals surface area contributed by atoms with Gasteiger partial charge in [0.2, 0.25) is 0 Å². The molecule has 0 radical (unpaired) electrons. The van der Waals surface area contributed by atoms with Crippen molar-refractivity contribution in [2.45, 2.75) is 39.2 Å². The Morgan fingerprint density at radius 2 is 2.00 bits per heavy atom. The third-order valence-corrected chi connectivity index (χ3v) is 3.94. The fraction of sp³-hybridized carbons (Fsp3) is 0.571. The molecule has 82 valence electrons. The Balaban J connectivity index is 2.20. The van der Waals surface area contributed by atoms with E-state index in [4.69, 9.17) is 5.73 Å². The molecular formula is C14H21N. The Bertz CT molecular complexity index is 332. The highest BCUT2D eigenvalue weighted by Gasteiger charge is 2.29. The van der Waals surface area contributed by atoms with Crippen LogP contribution in [0.1, 0.15) is 43.4 Å². The predicted molar refractivity (Wildman–Crippen MR) is 64.6 cm³/mol. The van der Waals surface area contributed by atoms with E-state index in [-0.39, 0.29) is 6.04 Å². The van der Waals surface area contributed by atoms with E-state index >= 15 is 0 Å². The number of hydrogen-bond acceptors (Lipinski definition) is 1. The summed E-state index contributed by atoms with van der Waals surface area (Å²) in [5.41, 5.74) is 9.07. The van der Waals surface area contributed by atoms with E-state index in [2.05, 4.69) is 38.1 Å². The normalized spacial score (nSPS) is 27.9. The summed E-state index contributed by atoms with van der Waals surface area (Å²) in [5, 5.41) is 0. The molecule has 1 aromatic rings. The second-order valence-corrected chi connectivity index (χ2v) is 4.95. The molecule has 0 aromatic heterocycles. The summed E-state index contributed by atoms with van der Waals surface area (Å²) in [6, 6.07) is 8.77. The molecule has 0 spiro atoms. The summed E-state index contributed by atoms with van der Waals surface area (Å²) in [7, 11) is 0. The van der Waals surface area contributed by atoms with E-state index in [0.29, 0.717) is 5.92 Å². The first-order valence-electron chi connectivity index (χ1n) is 6.01. The SMILES string of the molecule is Cc1ccccc1C(N)C1CCCC1C. The lowest BCUT2D eigenvalue weighted by atomic mass is 9.85. The van der Waals surface area contributed by atoms with Crippen molar-refractivity contribution in [1.29, 1.82) is 0 Å². The van der Waals surface area contributed by atoms with Crippen LogP contribution in [0.4, 0.5) is 0 Å². The molecule has 0 bridgehead atoms. The lowest BCUT2D eigenvalue weighted by Crippen LogP contribution is -2.23. The van der Waals surface area contributed by atoms with Gasteiger partial charge in [0.15, 0.2) is 0 Å². The monoisotopic (exact) mass is 203 g/mol. The first-order chi connectivity index (χ1) is 7.20. The molecule has 2 rings (SSSR count). The summed E-state index contributed by atoms with van der Waals surface area (Å²) < 4.78 is 0. The Morgan fingerprint density at radius 3 is 2.60 bits per heavy atom. The van der Waals surface area contributed by atoms with Crippen LogP contribution in [0.15, 0.2) is 24.3 Å². The summed E-state index contributed by atoms with van der Waals surface area (Å²) >= 11 is 0. The Kier molecular flexibility index (Phi) is 3.11. The van der Waals surface area contributed by atoms with Crippen molar-refractivity contribution in [3.63, 3.8) is 0 Å². The van der Waals surface area contributed by atoms with E-state index in [1.165, 1.54) is 30.4 Å². The van der Waals surface area contributed by atoms with Gasteiger partial charge in [0.25, 0.3) is 0 Å². The van der Waals surface area contributed by atoms with Crippen LogP contribution in [0.5, 0.6) is 0 Å². The zero-order chi connectivity index (χ0) is 10.8. The topological polar surface area (TPSA) is 26.0 Å². The fourth-order valence-electron chi connectivity index (χ4n) is 2.90. The van der Waals surface area contributed by atoms with Crippen molar-refractivity contribution in [3.05, 3.63) is 35.4 Å². The summed E-state index contributed by atoms with van der Waals surface area (Å²) in [5.74, 6) is 1.48. The van der Waals surface area contributed by atoms with Gasteiger partial charge in [-0.05, 0) is 36.3 Å². The van der Waals surface area contributed by atoms with E-state index in [9.17, 15) is 0 Å². The second kappa shape index (κ2) is 4.36. The molecule has 0 amide bonds. The number of nitrogens with two attached hydrogens (primary N) is 1. The maximum Gasteiger partial charge on any atom is 0.0328 e. The highest BCUT2D eigenvalue weighted by atomic mass is 14.7. The average Bonchev–Trinajstić information content (AvgIpc) is 2.64. The summed E-state index contributed by atoms with van der Waals surface area (Å²) in [4.78, 5) is 0. The highest BCUT2D eigenvalue weighted by molar-refractivity contribution is 5.29. The largest absolute Gasteiger partial charge is 0.324 e. The van der Waals surface area contributed by atoms with Gasteiger partial charge in [0, 0.05) is 6.04 Å². The Labute approximate surface area is 92.7 Å². The van der Waals surface area contributed by atoms with Crippen LogP contribution in [0.3, 0.4) is 0 Å². The molecule has 1 saturated carbocycles. The van der Waals surface area contributed by atoms with Gasteiger partial charge in [-0.1, -0.05) is 44.0 Å². The molecule has 0 saturated heterocycles. The van der Waals surface area contributed by atoms with Crippen molar-refractivity contribution in [2.24, 2.45) is 17.6 Å². The summed E-state index contributed by atoms with van der Waals surface area (Å²) in [6.45, 7) is 4.50. The molecule has 3 unspecified atom stereocenters. The average molecular weight is 203 g/mol. The molecule has 15 heavy (non-hydrogen) atoms. The Hall–Kier alpha value is -0.820. The molecular weight excluding hydrogens is 182 g/mol. The number of aryl methyl sites for hydroxylation is 1. The van der Waals surface area contributed by atoms with Gasteiger partial charge in [-0.2, -0.15) is 0 Å². The lowest BCUT2D eigenvalue weighted by molar-refractivity contribution is 0.350. The molecule has 1 aliphatic rings. The maximum atomic E-state index is 6.39. The van der Waals surface area contributed by atoms with E-state index in [1.54, 1.807) is 0 Å². The highest BCUT2D eigenvalue weighted by Crippen LogP contribution is 2.39. The minimum atomic E-state index is 0.240. The van der Waals surface area contributed by atoms with Gasteiger partial charge in [0.1, 0.15) is 0 Å². The standard InChI is InChI=1S/C14H21N/c1-10-6-3-4-8-12(10)14(15)13-9-5-7-11(13)2/h3-4,6,8,11,13-14H,5,7,9,15H2,1-2H3. The first-order valence-corrected chi connectivity index (χ1v) is 6.01. The second-order valence-electron chi connectivity index (χ2n) is 4.95. The third-order valence-electron chi connectivity index (χ3n) is 3.94. The molecule has 1 heteroatoms. The number of rotatable bonds is 2. The number of benzene rings is 1. The minimum Gasteiger partial charge on any atom is -0.324 e. The van der Waals surface area contributed by atoms with Crippen LogP contribution in [-0.2, 0) is 0 Å². The Morgan fingerprint density at radius 1 is 1.27 bits per heavy atom. The summed E-state index contributed by atoms with van der Waals surface area (Å²) in [6.07, 6.45) is 4.01. The molecule has 1 nitrogen and oxygen atoms in total. The van der Waals surface area contributed by atoms with Crippen LogP contribution in [0.25, 0.3) is 0 Å². The van der Waals surface area contributed by atoms with Gasteiger partial charge < -0.3 is 5.73 Å². The van der Waals surface area contributed by atoms with E-state index in [0.717, 1.165) is 5.92 Å². The zero-order valence-corrected chi connectivity index (χ0v) is 9.74. The van der Waals surface area contributed by atoms with Crippen molar-refractivity contribution >= 4 is 0 Å². The lowest BCUT2D eigenvalue weighted by Gasteiger charge is -2.24. The molecule has 0 heterocycles. The van der Waals surface area contributed by atoms with Crippen molar-refractivity contribution in [3.8, 4) is 0 Å². The smallest absolute Gasteiger partial charge is 0.0328 e. The van der Waals surface area contributed by atoms with Crippen molar-refractivity contribution in [1.82, 2.24) is 0 Å². The molecule has 3 atom stereocenters. The maximum absolute atomic E-state index is 6.39.